The Bertz CT molecular complexity index is 867. The Labute approximate surface area is 145 Å². The van der Waals surface area contributed by atoms with Crippen LogP contribution in [0.2, 0.25) is 0 Å². The van der Waals surface area contributed by atoms with Gasteiger partial charge in [-0.3, -0.25) is 9.36 Å². The highest BCUT2D eigenvalue weighted by molar-refractivity contribution is 5.79. The van der Waals surface area contributed by atoms with E-state index in [1.807, 2.05) is 47.0 Å². The van der Waals surface area contributed by atoms with Gasteiger partial charge in [0.05, 0.1) is 17.1 Å². The predicted octanol–water partition coefficient (Wildman–Crippen LogP) is 3.15. The molecule has 1 saturated heterocycles. The maximum atomic E-state index is 10.5. The van der Waals surface area contributed by atoms with Gasteiger partial charge in [0.15, 0.2) is 0 Å². The van der Waals surface area contributed by atoms with Crippen LogP contribution in [-0.4, -0.2) is 35.3 Å². The number of aromatic nitrogens is 2. The summed E-state index contributed by atoms with van der Waals surface area (Å²) in [6.07, 6.45) is 4.83. The van der Waals surface area contributed by atoms with Crippen molar-refractivity contribution in [3.8, 4) is 11.4 Å². The molecule has 1 atom stereocenters. The molecule has 0 bridgehead atoms. The van der Waals surface area contributed by atoms with Crippen molar-refractivity contribution in [1.82, 2.24) is 9.55 Å². The summed E-state index contributed by atoms with van der Waals surface area (Å²) in [6, 6.07) is 13.5. The van der Waals surface area contributed by atoms with Crippen LogP contribution in [0.4, 0.5) is 5.69 Å². The van der Waals surface area contributed by atoms with Gasteiger partial charge < -0.3 is 14.8 Å². The molecule has 1 aliphatic rings. The van der Waals surface area contributed by atoms with Gasteiger partial charge in [0.2, 0.25) is 6.41 Å². The molecule has 3 aromatic rings. The molecule has 1 N–H and O–H groups in total. The normalized spacial score (nSPS) is 16.9. The van der Waals surface area contributed by atoms with Crippen LogP contribution in [0.5, 0.6) is 5.75 Å². The summed E-state index contributed by atoms with van der Waals surface area (Å²) in [5.41, 5.74) is 3.61. The van der Waals surface area contributed by atoms with E-state index in [9.17, 15) is 4.79 Å². The summed E-state index contributed by atoms with van der Waals surface area (Å²) in [4.78, 5) is 15.0. The van der Waals surface area contributed by atoms with Crippen LogP contribution < -0.4 is 10.1 Å². The number of nitrogens with one attached hydrogen (secondary N) is 1. The first kappa shape index (κ1) is 15.7. The molecule has 6 heteroatoms. The second-order valence-electron chi connectivity index (χ2n) is 6.02. The molecular weight excluding hydrogens is 318 g/mol. The second-order valence-corrected chi connectivity index (χ2v) is 6.02. The lowest BCUT2D eigenvalue weighted by atomic mass is 10.2. The van der Waals surface area contributed by atoms with Crippen molar-refractivity contribution in [2.75, 3.05) is 18.5 Å². The zero-order chi connectivity index (χ0) is 17.1. The van der Waals surface area contributed by atoms with Crippen molar-refractivity contribution < 1.29 is 14.3 Å². The Kier molecular flexibility index (Phi) is 4.35. The number of anilines is 1. The molecule has 0 saturated carbocycles. The van der Waals surface area contributed by atoms with E-state index in [0.29, 0.717) is 13.0 Å². The second kappa shape index (κ2) is 6.94. The minimum absolute atomic E-state index is 0.201. The number of ether oxygens (including phenoxy) is 2. The van der Waals surface area contributed by atoms with Gasteiger partial charge >= 0.3 is 0 Å². The number of nitrogens with zero attached hydrogens (tertiary/aromatic N) is 2. The summed E-state index contributed by atoms with van der Waals surface area (Å²) < 4.78 is 13.4. The van der Waals surface area contributed by atoms with Crippen LogP contribution in [-0.2, 0) is 9.53 Å². The first-order chi connectivity index (χ1) is 12.3. The lowest BCUT2D eigenvalue weighted by molar-refractivity contribution is -0.105. The smallest absolute Gasteiger partial charge is 0.211 e. The molecule has 1 unspecified atom stereocenters. The summed E-state index contributed by atoms with van der Waals surface area (Å²) in [6.45, 7) is 1.41. The molecule has 1 amide bonds. The molecular formula is C19H19N3O3. The average molecular weight is 337 g/mol. The number of benzene rings is 2. The molecule has 2 aromatic carbocycles. The SMILES string of the molecule is O=CNc1ccc(-n2cnc3cc(OCC4CCCO4)ccc32)cc1. The highest BCUT2D eigenvalue weighted by Crippen LogP contribution is 2.24. The van der Waals surface area contributed by atoms with Crippen LogP contribution in [0.1, 0.15) is 12.8 Å². The average Bonchev–Trinajstić information content (AvgIpc) is 3.30. The number of amides is 1. The molecule has 2 heterocycles. The van der Waals surface area contributed by atoms with Crippen LogP contribution in [0.3, 0.4) is 0 Å². The summed E-state index contributed by atoms with van der Waals surface area (Å²) >= 11 is 0. The van der Waals surface area contributed by atoms with Gasteiger partial charge in [-0.15, -0.1) is 0 Å². The van der Waals surface area contributed by atoms with E-state index < -0.39 is 0 Å². The zero-order valence-electron chi connectivity index (χ0n) is 13.7. The minimum atomic E-state index is 0.201. The fourth-order valence-electron chi connectivity index (χ4n) is 3.04. The van der Waals surface area contributed by atoms with Gasteiger partial charge in [-0.2, -0.15) is 0 Å². The van der Waals surface area contributed by atoms with E-state index in [1.54, 1.807) is 6.33 Å². The van der Waals surface area contributed by atoms with E-state index in [0.717, 1.165) is 47.6 Å². The molecule has 128 valence electrons. The molecule has 25 heavy (non-hydrogen) atoms. The summed E-state index contributed by atoms with van der Waals surface area (Å²) in [5.74, 6) is 0.804. The number of carbonyl (C=O) groups is 1. The lowest BCUT2D eigenvalue weighted by Gasteiger charge is -2.11. The van der Waals surface area contributed by atoms with E-state index in [2.05, 4.69) is 10.3 Å². The molecule has 4 rings (SSSR count). The molecule has 0 spiro atoms. The Hall–Kier alpha value is -2.86. The quantitative estimate of drug-likeness (QED) is 0.702. The number of hydrogen-bond donors (Lipinski definition) is 1. The Morgan fingerprint density at radius 3 is 2.92 bits per heavy atom. The molecule has 1 fully saturated rings. The van der Waals surface area contributed by atoms with E-state index in [-0.39, 0.29) is 6.10 Å². The highest BCUT2D eigenvalue weighted by Gasteiger charge is 2.16. The first-order valence-electron chi connectivity index (χ1n) is 8.35. The molecule has 1 aliphatic heterocycles. The molecule has 0 radical (unpaired) electrons. The fraction of sp³-hybridized carbons (Fsp3) is 0.263. The lowest BCUT2D eigenvalue weighted by Crippen LogP contribution is -2.16. The van der Waals surface area contributed by atoms with Crippen LogP contribution in [0.25, 0.3) is 16.7 Å². The fourth-order valence-corrected chi connectivity index (χ4v) is 3.04. The van der Waals surface area contributed by atoms with Crippen molar-refractivity contribution in [3.05, 3.63) is 48.8 Å². The number of hydrogen-bond acceptors (Lipinski definition) is 4. The van der Waals surface area contributed by atoms with E-state index in [1.165, 1.54) is 0 Å². The first-order valence-corrected chi connectivity index (χ1v) is 8.35. The van der Waals surface area contributed by atoms with Crippen LogP contribution >= 0.6 is 0 Å². The van der Waals surface area contributed by atoms with Crippen molar-refractivity contribution in [1.29, 1.82) is 0 Å². The van der Waals surface area contributed by atoms with Gasteiger partial charge in [-0.1, -0.05) is 0 Å². The topological polar surface area (TPSA) is 65.4 Å². The monoisotopic (exact) mass is 337 g/mol. The molecule has 1 aromatic heterocycles. The van der Waals surface area contributed by atoms with Crippen molar-refractivity contribution >= 4 is 23.1 Å². The Balaban J connectivity index is 1.53. The summed E-state index contributed by atoms with van der Waals surface area (Å²) in [7, 11) is 0. The van der Waals surface area contributed by atoms with Crippen LogP contribution in [0.15, 0.2) is 48.8 Å². The van der Waals surface area contributed by atoms with Gasteiger partial charge in [-0.05, 0) is 49.2 Å². The Morgan fingerprint density at radius 1 is 1.28 bits per heavy atom. The maximum Gasteiger partial charge on any atom is 0.211 e. The third-order valence-electron chi connectivity index (χ3n) is 4.35. The van der Waals surface area contributed by atoms with Gasteiger partial charge in [0.1, 0.15) is 18.7 Å². The van der Waals surface area contributed by atoms with Crippen LogP contribution in [0, 0.1) is 0 Å². The number of rotatable bonds is 6. The highest BCUT2D eigenvalue weighted by atomic mass is 16.5. The van der Waals surface area contributed by atoms with Gasteiger partial charge in [-0.25, -0.2) is 4.98 Å². The summed E-state index contributed by atoms with van der Waals surface area (Å²) in [5, 5.41) is 2.63. The van der Waals surface area contributed by atoms with Crippen molar-refractivity contribution in [3.63, 3.8) is 0 Å². The number of imidazole rings is 1. The zero-order valence-corrected chi connectivity index (χ0v) is 13.7. The van der Waals surface area contributed by atoms with Crippen molar-refractivity contribution in [2.24, 2.45) is 0 Å². The van der Waals surface area contributed by atoms with Gasteiger partial charge in [0, 0.05) is 24.0 Å². The third kappa shape index (κ3) is 3.34. The Morgan fingerprint density at radius 2 is 2.16 bits per heavy atom. The molecule has 6 nitrogen and oxygen atoms in total. The maximum absolute atomic E-state index is 10.5. The van der Waals surface area contributed by atoms with E-state index >= 15 is 0 Å². The van der Waals surface area contributed by atoms with Crippen molar-refractivity contribution in [2.45, 2.75) is 18.9 Å². The van der Waals surface area contributed by atoms with Gasteiger partial charge in [0.25, 0.3) is 0 Å². The number of fused-ring (bicyclic) bond motifs is 1. The minimum Gasteiger partial charge on any atom is -0.491 e. The molecule has 0 aliphatic carbocycles. The number of carbonyl (C=O) groups excluding carboxylic acids is 1. The van der Waals surface area contributed by atoms with E-state index in [4.69, 9.17) is 9.47 Å². The standard InChI is InChI=1S/C19H19N3O3/c23-13-21-14-3-5-15(6-4-14)22-12-20-18-10-16(7-8-19(18)22)25-11-17-2-1-9-24-17/h3-8,10,12-13,17H,1-2,9,11H2,(H,21,23). The third-order valence-corrected chi connectivity index (χ3v) is 4.35. The largest absolute Gasteiger partial charge is 0.491 e. The predicted molar refractivity (Wildman–Crippen MR) is 95.2 cm³/mol.